The lowest BCUT2D eigenvalue weighted by Crippen LogP contribution is -2.46. The maximum Gasteiger partial charge on any atom is 0.343 e. The van der Waals surface area contributed by atoms with Gasteiger partial charge in [0.05, 0.1) is 23.7 Å². The normalized spacial score (nSPS) is 17.5. The number of hydrogen-bond acceptors (Lipinski definition) is 7. The molecule has 3 amide bonds. The molecule has 0 aromatic heterocycles. The van der Waals surface area contributed by atoms with Gasteiger partial charge in [0.1, 0.15) is 12.3 Å². The summed E-state index contributed by atoms with van der Waals surface area (Å²) in [6.45, 7) is 1.48. The first kappa shape index (κ1) is 23.0. The zero-order chi connectivity index (χ0) is 23.4. The molecule has 10 heteroatoms. The Hall–Kier alpha value is -3.14. The molecule has 0 bridgehead atoms. The molecule has 4 rings (SSSR count). The van der Waals surface area contributed by atoms with Crippen molar-refractivity contribution in [3.05, 3.63) is 69.6 Å². The van der Waals surface area contributed by atoms with Crippen LogP contribution < -0.4 is 4.74 Å². The number of rotatable bonds is 5. The average molecular weight is 487 g/mol. The smallest absolute Gasteiger partial charge is 0.343 e. The van der Waals surface area contributed by atoms with Crippen LogP contribution in [0.3, 0.4) is 0 Å². The van der Waals surface area contributed by atoms with Crippen molar-refractivity contribution in [2.75, 3.05) is 32.8 Å². The lowest BCUT2D eigenvalue weighted by Gasteiger charge is -2.28. The lowest BCUT2D eigenvalue weighted by molar-refractivity contribution is -0.139. The Kier molecular flexibility index (Phi) is 7.12. The first-order valence-corrected chi connectivity index (χ1v) is 11.3. The average Bonchev–Trinajstić information content (AvgIpc) is 3.08. The SMILES string of the molecule is O=C(Oc1ccc(/C=C2\SC(=O)N(CC(=O)N3CCOCC3)C2=O)cc1)c1ccc(Cl)cc1. The van der Waals surface area contributed by atoms with Crippen molar-refractivity contribution in [1.29, 1.82) is 0 Å². The molecule has 0 saturated carbocycles. The Morgan fingerprint density at radius 2 is 1.70 bits per heavy atom. The molecule has 0 atom stereocenters. The molecule has 0 aliphatic carbocycles. The van der Waals surface area contributed by atoms with Gasteiger partial charge < -0.3 is 14.4 Å². The number of carbonyl (C=O) groups is 4. The summed E-state index contributed by atoms with van der Waals surface area (Å²) in [4.78, 5) is 52.3. The Morgan fingerprint density at radius 3 is 2.36 bits per heavy atom. The van der Waals surface area contributed by atoms with E-state index in [-0.39, 0.29) is 17.4 Å². The van der Waals surface area contributed by atoms with E-state index >= 15 is 0 Å². The van der Waals surface area contributed by atoms with Crippen molar-refractivity contribution in [2.24, 2.45) is 0 Å². The minimum absolute atomic E-state index is 0.223. The van der Waals surface area contributed by atoms with E-state index in [9.17, 15) is 19.2 Å². The quantitative estimate of drug-likeness (QED) is 0.363. The third-order valence-corrected chi connectivity index (χ3v) is 6.16. The second-order valence-corrected chi connectivity index (χ2v) is 8.66. The fourth-order valence-electron chi connectivity index (χ4n) is 3.22. The Balaban J connectivity index is 1.38. The summed E-state index contributed by atoms with van der Waals surface area (Å²) in [7, 11) is 0. The van der Waals surface area contributed by atoms with Crippen LogP contribution in [0.4, 0.5) is 4.79 Å². The van der Waals surface area contributed by atoms with Gasteiger partial charge in [0, 0.05) is 18.1 Å². The van der Waals surface area contributed by atoms with Gasteiger partial charge in [0.15, 0.2) is 0 Å². The number of esters is 1. The number of benzene rings is 2. The van der Waals surface area contributed by atoms with Gasteiger partial charge in [-0.2, -0.15) is 0 Å². The standard InChI is InChI=1S/C23H19ClN2O6S/c24-17-5-3-16(4-6-17)22(29)32-18-7-1-15(2-8-18)13-19-21(28)26(23(30)33-19)14-20(27)25-9-11-31-12-10-25/h1-8,13H,9-12,14H2/b19-13-. The van der Waals surface area contributed by atoms with Gasteiger partial charge in [-0.3, -0.25) is 19.3 Å². The first-order valence-electron chi connectivity index (χ1n) is 10.1. The molecule has 33 heavy (non-hydrogen) atoms. The molecule has 0 radical (unpaired) electrons. The second kappa shape index (κ2) is 10.2. The van der Waals surface area contributed by atoms with Gasteiger partial charge in [-0.15, -0.1) is 0 Å². The van der Waals surface area contributed by atoms with Gasteiger partial charge >= 0.3 is 5.97 Å². The maximum absolute atomic E-state index is 12.7. The van der Waals surface area contributed by atoms with Crippen molar-refractivity contribution in [3.8, 4) is 5.75 Å². The third kappa shape index (κ3) is 5.62. The summed E-state index contributed by atoms with van der Waals surface area (Å²) >= 11 is 6.61. The van der Waals surface area contributed by atoms with Crippen LogP contribution in [-0.4, -0.2) is 65.7 Å². The number of amides is 3. The van der Waals surface area contributed by atoms with Crippen molar-refractivity contribution < 1.29 is 28.7 Å². The molecule has 2 aliphatic heterocycles. The molecule has 0 unspecified atom stereocenters. The molecule has 8 nitrogen and oxygen atoms in total. The number of thioether (sulfide) groups is 1. The molecular formula is C23H19ClN2O6S. The molecule has 2 heterocycles. The van der Waals surface area contributed by atoms with E-state index in [2.05, 4.69) is 0 Å². The van der Waals surface area contributed by atoms with Gasteiger partial charge in [0.25, 0.3) is 11.1 Å². The van der Waals surface area contributed by atoms with E-state index in [1.54, 1.807) is 59.5 Å². The highest BCUT2D eigenvalue weighted by atomic mass is 35.5. The van der Waals surface area contributed by atoms with Crippen molar-refractivity contribution in [3.63, 3.8) is 0 Å². The number of nitrogens with zero attached hydrogens (tertiary/aromatic N) is 2. The van der Waals surface area contributed by atoms with E-state index in [0.717, 1.165) is 16.7 Å². The van der Waals surface area contributed by atoms with Crippen molar-refractivity contribution in [1.82, 2.24) is 9.80 Å². The van der Waals surface area contributed by atoms with Crippen LogP contribution in [0, 0.1) is 0 Å². The van der Waals surface area contributed by atoms with Gasteiger partial charge in [0.2, 0.25) is 5.91 Å². The van der Waals surface area contributed by atoms with Crippen molar-refractivity contribution >= 4 is 52.5 Å². The minimum Gasteiger partial charge on any atom is -0.423 e. The van der Waals surface area contributed by atoms with E-state index in [1.165, 1.54) is 0 Å². The Labute approximate surface area is 199 Å². The highest BCUT2D eigenvalue weighted by Crippen LogP contribution is 2.32. The Bertz CT molecular complexity index is 1110. The minimum atomic E-state index is -0.523. The zero-order valence-electron chi connectivity index (χ0n) is 17.4. The van der Waals surface area contributed by atoms with Crippen LogP contribution in [0.25, 0.3) is 6.08 Å². The predicted octanol–water partition coefficient (Wildman–Crippen LogP) is 3.45. The highest BCUT2D eigenvalue weighted by molar-refractivity contribution is 8.18. The van der Waals surface area contributed by atoms with Crippen LogP contribution >= 0.6 is 23.4 Å². The summed E-state index contributed by atoms with van der Waals surface area (Å²) in [5, 5.41) is 0.0344. The fourth-order valence-corrected chi connectivity index (χ4v) is 4.18. The van der Waals surface area contributed by atoms with E-state index in [4.69, 9.17) is 21.1 Å². The van der Waals surface area contributed by atoms with Gasteiger partial charge in [-0.1, -0.05) is 23.7 Å². The molecule has 0 N–H and O–H groups in total. The van der Waals surface area contributed by atoms with Crippen molar-refractivity contribution in [2.45, 2.75) is 0 Å². The number of hydrogen-bond donors (Lipinski definition) is 0. The Morgan fingerprint density at radius 1 is 1.03 bits per heavy atom. The summed E-state index contributed by atoms with van der Waals surface area (Å²) in [6, 6.07) is 12.8. The van der Waals surface area contributed by atoms with E-state index in [1.807, 2.05) is 0 Å². The van der Waals surface area contributed by atoms with Gasteiger partial charge in [-0.05, 0) is 59.8 Å². The lowest BCUT2D eigenvalue weighted by atomic mass is 10.2. The number of carbonyl (C=O) groups excluding carboxylic acids is 4. The summed E-state index contributed by atoms with van der Waals surface area (Å²) in [6.07, 6.45) is 1.56. The first-order chi connectivity index (χ1) is 15.9. The van der Waals surface area contributed by atoms with Crippen LogP contribution in [0.2, 0.25) is 5.02 Å². The monoisotopic (exact) mass is 486 g/mol. The second-order valence-electron chi connectivity index (χ2n) is 7.23. The largest absolute Gasteiger partial charge is 0.423 e. The zero-order valence-corrected chi connectivity index (χ0v) is 18.9. The maximum atomic E-state index is 12.7. The van der Waals surface area contributed by atoms with Crippen LogP contribution in [0.5, 0.6) is 5.75 Å². The summed E-state index contributed by atoms with van der Waals surface area (Å²) < 4.78 is 10.5. The summed E-state index contributed by atoms with van der Waals surface area (Å²) in [5.74, 6) is -0.986. The molecule has 2 fully saturated rings. The highest BCUT2D eigenvalue weighted by Gasteiger charge is 2.37. The molecular weight excluding hydrogens is 468 g/mol. The van der Waals surface area contributed by atoms with Crippen LogP contribution in [-0.2, 0) is 14.3 Å². The van der Waals surface area contributed by atoms with E-state index in [0.29, 0.717) is 48.2 Å². The van der Waals surface area contributed by atoms with Crippen LogP contribution in [0.1, 0.15) is 15.9 Å². The predicted molar refractivity (Wildman–Crippen MR) is 123 cm³/mol. The molecule has 170 valence electrons. The third-order valence-electron chi connectivity index (χ3n) is 5.00. The number of morpholine rings is 1. The fraction of sp³-hybridized carbons (Fsp3) is 0.217. The number of imide groups is 1. The van der Waals surface area contributed by atoms with Crippen LogP contribution in [0.15, 0.2) is 53.4 Å². The molecule has 2 aromatic rings. The molecule has 2 saturated heterocycles. The number of halogens is 1. The summed E-state index contributed by atoms with van der Waals surface area (Å²) in [5.41, 5.74) is 1.01. The molecule has 2 aliphatic rings. The number of ether oxygens (including phenoxy) is 2. The topological polar surface area (TPSA) is 93.2 Å². The molecule has 2 aromatic carbocycles. The van der Waals surface area contributed by atoms with E-state index < -0.39 is 17.1 Å². The van der Waals surface area contributed by atoms with Gasteiger partial charge in [-0.25, -0.2) is 4.79 Å². The molecule has 0 spiro atoms.